The van der Waals surface area contributed by atoms with Crippen LogP contribution in [0.4, 0.5) is 0 Å². The van der Waals surface area contributed by atoms with E-state index in [-0.39, 0.29) is 12.1 Å². The fourth-order valence-corrected chi connectivity index (χ4v) is 3.06. The molecular weight excluding hydrogens is 396 g/mol. The molecule has 144 valence electrons. The van der Waals surface area contributed by atoms with E-state index in [0.29, 0.717) is 44.8 Å². The molecule has 0 aliphatic carbocycles. The SMILES string of the molecule is Cn1ncc2ncn(Cc3nc4ncc(Oc5ccc(Cl)cc5)nc4[nH]3)c(=O)c21. The van der Waals surface area contributed by atoms with Crippen LogP contribution in [-0.2, 0) is 13.6 Å². The molecule has 4 heterocycles. The van der Waals surface area contributed by atoms with Gasteiger partial charge in [-0.2, -0.15) is 10.1 Å². The quantitative estimate of drug-likeness (QED) is 0.484. The largest absolute Gasteiger partial charge is 0.437 e. The molecule has 0 saturated carbocycles. The number of benzene rings is 1. The number of fused-ring (bicyclic) bond motifs is 2. The van der Waals surface area contributed by atoms with Gasteiger partial charge in [-0.05, 0) is 24.3 Å². The summed E-state index contributed by atoms with van der Waals surface area (Å²) in [7, 11) is 1.70. The highest BCUT2D eigenvalue weighted by Gasteiger charge is 2.12. The fraction of sp³-hybridized carbons (Fsp3) is 0.111. The number of aryl methyl sites for hydroxylation is 1. The number of halogens is 1. The van der Waals surface area contributed by atoms with Gasteiger partial charge < -0.3 is 9.72 Å². The molecule has 5 rings (SSSR count). The van der Waals surface area contributed by atoms with Gasteiger partial charge in [-0.25, -0.2) is 15.0 Å². The van der Waals surface area contributed by atoms with Crippen molar-refractivity contribution in [3.05, 3.63) is 64.2 Å². The first kappa shape index (κ1) is 17.3. The number of H-pyrrole nitrogens is 1. The molecule has 0 saturated heterocycles. The van der Waals surface area contributed by atoms with Crippen LogP contribution in [0.2, 0.25) is 5.02 Å². The minimum atomic E-state index is -0.205. The molecular formula is C18H13ClN8O2. The molecule has 5 aromatic rings. The van der Waals surface area contributed by atoms with Crippen LogP contribution in [0.25, 0.3) is 22.3 Å². The molecule has 4 aromatic heterocycles. The Morgan fingerprint density at radius 2 is 1.97 bits per heavy atom. The number of imidazole rings is 1. The monoisotopic (exact) mass is 408 g/mol. The first-order chi connectivity index (χ1) is 14.1. The van der Waals surface area contributed by atoms with Crippen LogP contribution in [0.1, 0.15) is 5.82 Å². The highest BCUT2D eigenvalue weighted by molar-refractivity contribution is 6.30. The summed E-state index contributed by atoms with van der Waals surface area (Å²) in [6.45, 7) is 0.193. The zero-order valence-corrected chi connectivity index (χ0v) is 15.8. The Balaban J connectivity index is 1.44. The Hall–Kier alpha value is -3.79. The first-order valence-electron chi connectivity index (χ1n) is 8.59. The molecule has 0 radical (unpaired) electrons. The number of aromatic nitrogens is 8. The van der Waals surface area contributed by atoms with Crippen molar-refractivity contribution in [3.63, 3.8) is 0 Å². The van der Waals surface area contributed by atoms with E-state index in [1.807, 2.05) is 0 Å². The summed E-state index contributed by atoms with van der Waals surface area (Å²) in [5, 5.41) is 4.68. The second kappa shape index (κ2) is 6.67. The molecule has 11 heteroatoms. The average molecular weight is 409 g/mol. The highest BCUT2D eigenvalue weighted by atomic mass is 35.5. The lowest BCUT2D eigenvalue weighted by Gasteiger charge is -2.03. The van der Waals surface area contributed by atoms with E-state index >= 15 is 0 Å². The summed E-state index contributed by atoms with van der Waals surface area (Å²) in [4.78, 5) is 33.0. The molecule has 0 unspecified atom stereocenters. The van der Waals surface area contributed by atoms with Crippen molar-refractivity contribution in [2.24, 2.45) is 7.05 Å². The molecule has 0 aliphatic rings. The van der Waals surface area contributed by atoms with Crippen LogP contribution in [0.5, 0.6) is 11.6 Å². The molecule has 29 heavy (non-hydrogen) atoms. The van der Waals surface area contributed by atoms with Crippen LogP contribution >= 0.6 is 11.6 Å². The third-order valence-electron chi connectivity index (χ3n) is 4.31. The summed E-state index contributed by atoms with van der Waals surface area (Å²) in [5.41, 5.74) is 1.65. The van der Waals surface area contributed by atoms with Crippen LogP contribution in [0, 0.1) is 0 Å². The van der Waals surface area contributed by atoms with Crippen molar-refractivity contribution in [1.29, 1.82) is 0 Å². The molecule has 0 atom stereocenters. The van der Waals surface area contributed by atoms with Gasteiger partial charge in [0.25, 0.3) is 5.56 Å². The Morgan fingerprint density at radius 1 is 1.14 bits per heavy atom. The second-order valence-corrected chi connectivity index (χ2v) is 6.74. The minimum Gasteiger partial charge on any atom is -0.437 e. The van der Waals surface area contributed by atoms with E-state index in [4.69, 9.17) is 16.3 Å². The topological polar surface area (TPSA) is 116 Å². The lowest BCUT2D eigenvalue weighted by atomic mass is 10.3. The van der Waals surface area contributed by atoms with Gasteiger partial charge in [0.2, 0.25) is 5.88 Å². The van der Waals surface area contributed by atoms with Gasteiger partial charge in [0, 0.05) is 12.1 Å². The van der Waals surface area contributed by atoms with Gasteiger partial charge >= 0.3 is 0 Å². The van der Waals surface area contributed by atoms with Gasteiger partial charge in [0.05, 0.1) is 25.3 Å². The predicted molar refractivity (Wildman–Crippen MR) is 105 cm³/mol. The van der Waals surface area contributed by atoms with Gasteiger partial charge in [-0.1, -0.05) is 11.6 Å². The van der Waals surface area contributed by atoms with Crippen LogP contribution in [0.3, 0.4) is 0 Å². The molecule has 1 N–H and O–H groups in total. The maximum absolute atomic E-state index is 12.7. The first-order valence-corrected chi connectivity index (χ1v) is 8.97. The average Bonchev–Trinajstić information content (AvgIpc) is 3.29. The number of nitrogens with zero attached hydrogens (tertiary/aromatic N) is 7. The van der Waals surface area contributed by atoms with Crippen molar-refractivity contribution in [3.8, 4) is 11.6 Å². The Morgan fingerprint density at radius 3 is 2.79 bits per heavy atom. The van der Waals surface area contributed by atoms with Crippen molar-refractivity contribution >= 4 is 33.9 Å². The minimum absolute atomic E-state index is 0.193. The maximum atomic E-state index is 12.7. The number of rotatable bonds is 4. The number of aromatic amines is 1. The molecule has 0 fully saturated rings. The van der Waals surface area contributed by atoms with Gasteiger partial charge in [0.15, 0.2) is 16.8 Å². The zero-order chi connectivity index (χ0) is 20.0. The Bertz CT molecular complexity index is 1400. The molecule has 10 nitrogen and oxygen atoms in total. The van der Waals surface area contributed by atoms with E-state index in [1.165, 1.54) is 21.8 Å². The lowest BCUT2D eigenvalue weighted by Crippen LogP contribution is -2.23. The second-order valence-electron chi connectivity index (χ2n) is 6.30. The van der Waals surface area contributed by atoms with Crippen LogP contribution in [0.15, 0.2) is 47.8 Å². The van der Waals surface area contributed by atoms with E-state index in [0.717, 1.165) is 0 Å². The molecule has 0 bridgehead atoms. The highest BCUT2D eigenvalue weighted by Crippen LogP contribution is 2.22. The number of ether oxygens (including phenoxy) is 1. The Labute approximate surface area is 167 Å². The van der Waals surface area contributed by atoms with E-state index in [2.05, 4.69) is 30.0 Å². The number of hydrogen-bond donors (Lipinski definition) is 1. The van der Waals surface area contributed by atoms with Crippen molar-refractivity contribution in [2.75, 3.05) is 0 Å². The molecule has 0 aliphatic heterocycles. The summed E-state index contributed by atoms with van der Waals surface area (Å²) in [6.07, 6.45) is 4.50. The van der Waals surface area contributed by atoms with E-state index in [9.17, 15) is 4.79 Å². The van der Waals surface area contributed by atoms with Crippen molar-refractivity contribution in [1.82, 2.24) is 39.3 Å². The zero-order valence-electron chi connectivity index (χ0n) is 15.1. The van der Waals surface area contributed by atoms with E-state index in [1.54, 1.807) is 37.5 Å². The predicted octanol–water partition coefficient (Wildman–Crippen LogP) is 2.29. The standard InChI is InChI=1S/C18H13ClN8O2/c1-26-15-12(6-22-26)21-9-27(18(15)28)8-13-23-16-17(24-13)25-14(7-20-16)29-11-4-2-10(19)3-5-11/h2-7,9H,8H2,1H3,(H,20,23,24,25). The molecule has 0 amide bonds. The summed E-state index contributed by atoms with van der Waals surface area (Å²) < 4.78 is 8.64. The lowest BCUT2D eigenvalue weighted by molar-refractivity contribution is 0.462. The maximum Gasteiger partial charge on any atom is 0.279 e. The van der Waals surface area contributed by atoms with Gasteiger partial charge in [-0.15, -0.1) is 0 Å². The normalized spacial score (nSPS) is 11.4. The smallest absolute Gasteiger partial charge is 0.279 e. The van der Waals surface area contributed by atoms with Crippen molar-refractivity contribution in [2.45, 2.75) is 6.54 Å². The summed E-state index contributed by atoms with van der Waals surface area (Å²) in [6, 6.07) is 6.92. The summed E-state index contributed by atoms with van der Waals surface area (Å²) >= 11 is 5.88. The number of nitrogens with one attached hydrogen (secondary N) is 1. The Kier molecular flexibility index (Phi) is 3.98. The fourth-order valence-electron chi connectivity index (χ4n) is 2.93. The van der Waals surface area contributed by atoms with Crippen molar-refractivity contribution < 1.29 is 4.74 Å². The molecule has 1 aromatic carbocycles. The van der Waals surface area contributed by atoms with Gasteiger partial charge in [0.1, 0.15) is 17.1 Å². The van der Waals surface area contributed by atoms with Gasteiger partial charge in [-0.3, -0.25) is 14.0 Å². The third kappa shape index (κ3) is 3.19. The third-order valence-corrected chi connectivity index (χ3v) is 4.56. The van der Waals surface area contributed by atoms with E-state index < -0.39 is 0 Å². The number of hydrogen-bond acceptors (Lipinski definition) is 7. The molecule has 0 spiro atoms. The van der Waals surface area contributed by atoms with Crippen LogP contribution < -0.4 is 10.3 Å². The summed E-state index contributed by atoms with van der Waals surface area (Å²) in [5.74, 6) is 1.42. The van der Waals surface area contributed by atoms with Crippen LogP contribution in [-0.4, -0.2) is 39.3 Å².